The monoisotopic (exact) mass is 304 g/mol. The summed E-state index contributed by atoms with van der Waals surface area (Å²) >= 11 is 1.67. The van der Waals surface area contributed by atoms with Crippen molar-refractivity contribution in [2.75, 3.05) is 26.0 Å². The summed E-state index contributed by atoms with van der Waals surface area (Å²) in [5.41, 5.74) is 3.02. The number of rotatable bonds is 6. The summed E-state index contributed by atoms with van der Waals surface area (Å²) in [6, 6.07) is 7.80. The van der Waals surface area contributed by atoms with E-state index >= 15 is 0 Å². The number of likely N-dealkylation sites (N-methyl/N-ethyl adjacent to an activating group) is 1. The van der Waals surface area contributed by atoms with Gasteiger partial charge in [0.25, 0.3) is 0 Å². The van der Waals surface area contributed by atoms with Crippen LogP contribution in [0.15, 0.2) is 35.0 Å². The molecule has 0 aliphatic heterocycles. The lowest BCUT2D eigenvalue weighted by atomic mass is 10.2. The van der Waals surface area contributed by atoms with Crippen LogP contribution in [-0.4, -0.2) is 31.5 Å². The largest absolute Gasteiger partial charge is 0.495 e. The first-order valence-electron chi connectivity index (χ1n) is 6.72. The Morgan fingerprint density at radius 2 is 2.19 bits per heavy atom. The van der Waals surface area contributed by atoms with Crippen LogP contribution in [0, 0.1) is 6.92 Å². The Hall–Kier alpha value is -1.85. The molecule has 2 rings (SSSR count). The highest BCUT2D eigenvalue weighted by molar-refractivity contribution is 7.07. The van der Waals surface area contributed by atoms with Crippen molar-refractivity contribution in [3.8, 4) is 5.75 Å². The Morgan fingerprint density at radius 3 is 2.86 bits per heavy atom. The first-order chi connectivity index (χ1) is 10.1. The summed E-state index contributed by atoms with van der Waals surface area (Å²) < 4.78 is 5.26. The molecule has 0 fully saturated rings. The number of hydrogen-bond acceptors (Lipinski definition) is 4. The predicted octanol–water partition coefficient (Wildman–Crippen LogP) is 3.14. The topological polar surface area (TPSA) is 41.6 Å². The van der Waals surface area contributed by atoms with Crippen molar-refractivity contribution >= 4 is 22.9 Å². The van der Waals surface area contributed by atoms with Crippen LogP contribution in [0.4, 0.5) is 5.69 Å². The third kappa shape index (κ3) is 4.58. The molecule has 1 heterocycles. The molecule has 5 heteroatoms. The summed E-state index contributed by atoms with van der Waals surface area (Å²) in [4.78, 5) is 14.1. The van der Waals surface area contributed by atoms with Crippen LogP contribution in [-0.2, 0) is 11.3 Å². The Balaban J connectivity index is 1.93. The van der Waals surface area contributed by atoms with E-state index in [1.165, 1.54) is 5.56 Å². The van der Waals surface area contributed by atoms with Crippen LogP contribution in [0.25, 0.3) is 0 Å². The second-order valence-corrected chi connectivity index (χ2v) is 5.84. The van der Waals surface area contributed by atoms with Crippen molar-refractivity contribution in [2.45, 2.75) is 13.5 Å². The lowest BCUT2D eigenvalue weighted by Crippen LogP contribution is -2.29. The normalized spacial score (nSPS) is 10.7. The van der Waals surface area contributed by atoms with Crippen molar-refractivity contribution in [1.82, 2.24) is 4.90 Å². The number of methoxy groups -OCH3 is 1. The molecule has 0 aliphatic rings. The zero-order valence-electron chi connectivity index (χ0n) is 12.6. The van der Waals surface area contributed by atoms with Gasteiger partial charge in [0.2, 0.25) is 5.91 Å². The number of aryl methyl sites for hydroxylation is 1. The van der Waals surface area contributed by atoms with E-state index < -0.39 is 0 Å². The van der Waals surface area contributed by atoms with E-state index in [0.29, 0.717) is 18.0 Å². The first-order valence-corrected chi connectivity index (χ1v) is 7.67. The molecular formula is C16H20N2O2S. The van der Waals surface area contributed by atoms with Gasteiger partial charge < -0.3 is 10.1 Å². The maximum absolute atomic E-state index is 12.1. The van der Waals surface area contributed by atoms with Gasteiger partial charge in [-0.05, 0) is 54.1 Å². The van der Waals surface area contributed by atoms with Crippen LogP contribution < -0.4 is 10.1 Å². The lowest BCUT2D eigenvalue weighted by Gasteiger charge is -2.16. The summed E-state index contributed by atoms with van der Waals surface area (Å²) in [6.45, 7) is 3.09. The fourth-order valence-electron chi connectivity index (χ4n) is 2.10. The molecule has 2 aromatic rings. The molecule has 1 N–H and O–H groups in total. The van der Waals surface area contributed by atoms with Crippen LogP contribution >= 0.6 is 11.3 Å². The van der Waals surface area contributed by atoms with E-state index in [4.69, 9.17) is 4.74 Å². The second kappa shape index (κ2) is 7.24. The highest BCUT2D eigenvalue weighted by atomic mass is 32.1. The minimum absolute atomic E-state index is 0.0448. The molecule has 112 valence electrons. The van der Waals surface area contributed by atoms with E-state index in [1.54, 1.807) is 18.4 Å². The van der Waals surface area contributed by atoms with Crippen LogP contribution in [0.1, 0.15) is 11.1 Å². The predicted molar refractivity (Wildman–Crippen MR) is 87.0 cm³/mol. The standard InChI is InChI=1S/C16H20N2O2S/c1-12-4-5-15(20-3)14(8-12)17-16(19)10-18(2)9-13-6-7-21-11-13/h4-8,11H,9-10H2,1-3H3,(H,17,19). The molecule has 1 amide bonds. The summed E-state index contributed by atoms with van der Waals surface area (Å²) in [5, 5.41) is 7.05. The lowest BCUT2D eigenvalue weighted by molar-refractivity contribution is -0.117. The Morgan fingerprint density at radius 1 is 1.38 bits per heavy atom. The number of ether oxygens (including phenoxy) is 1. The van der Waals surface area contributed by atoms with Crippen molar-refractivity contribution < 1.29 is 9.53 Å². The van der Waals surface area contributed by atoms with Gasteiger partial charge in [-0.25, -0.2) is 0 Å². The third-order valence-corrected chi connectivity index (χ3v) is 3.81. The minimum Gasteiger partial charge on any atom is -0.495 e. The zero-order chi connectivity index (χ0) is 15.2. The van der Waals surface area contributed by atoms with Gasteiger partial charge in [-0.1, -0.05) is 6.07 Å². The molecular weight excluding hydrogens is 284 g/mol. The number of thiophene rings is 1. The summed E-state index contributed by atoms with van der Waals surface area (Å²) in [6.07, 6.45) is 0. The molecule has 0 atom stereocenters. The molecule has 0 bridgehead atoms. The van der Waals surface area contributed by atoms with E-state index in [-0.39, 0.29) is 5.91 Å². The number of nitrogens with zero attached hydrogens (tertiary/aromatic N) is 1. The van der Waals surface area contributed by atoms with Gasteiger partial charge in [-0.3, -0.25) is 9.69 Å². The van der Waals surface area contributed by atoms with Crippen LogP contribution in [0.3, 0.4) is 0 Å². The van der Waals surface area contributed by atoms with Crippen LogP contribution in [0.5, 0.6) is 5.75 Å². The number of carbonyl (C=O) groups is 1. The summed E-state index contributed by atoms with van der Waals surface area (Å²) in [7, 11) is 3.54. The first kappa shape index (κ1) is 15.5. The van der Waals surface area contributed by atoms with Gasteiger partial charge in [0.1, 0.15) is 5.75 Å². The van der Waals surface area contributed by atoms with Gasteiger partial charge in [-0.15, -0.1) is 0 Å². The number of carbonyl (C=O) groups excluding carboxylic acids is 1. The Labute approximate surface area is 129 Å². The average molecular weight is 304 g/mol. The molecule has 21 heavy (non-hydrogen) atoms. The third-order valence-electron chi connectivity index (χ3n) is 3.08. The number of amides is 1. The number of nitrogens with one attached hydrogen (secondary N) is 1. The molecule has 0 saturated carbocycles. The SMILES string of the molecule is COc1ccc(C)cc1NC(=O)CN(C)Cc1ccsc1. The Kier molecular flexibility index (Phi) is 5.36. The van der Waals surface area contributed by atoms with Gasteiger partial charge in [0.15, 0.2) is 0 Å². The van der Waals surface area contributed by atoms with E-state index in [2.05, 4.69) is 16.8 Å². The molecule has 0 spiro atoms. The van der Waals surface area contributed by atoms with Gasteiger partial charge in [0.05, 0.1) is 19.3 Å². The molecule has 1 aromatic heterocycles. The Bertz CT molecular complexity index is 596. The van der Waals surface area contributed by atoms with Gasteiger partial charge in [0, 0.05) is 6.54 Å². The van der Waals surface area contributed by atoms with Crippen LogP contribution in [0.2, 0.25) is 0 Å². The van der Waals surface area contributed by atoms with Gasteiger partial charge in [-0.2, -0.15) is 11.3 Å². The molecule has 0 radical (unpaired) electrons. The highest BCUT2D eigenvalue weighted by Crippen LogP contribution is 2.25. The fourth-order valence-corrected chi connectivity index (χ4v) is 2.76. The molecule has 0 saturated heterocycles. The van der Waals surface area contributed by atoms with E-state index in [1.807, 2.05) is 42.5 Å². The maximum Gasteiger partial charge on any atom is 0.238 e. The highest BCUT2D eigenvalue weighted by Gasteiger charge is 2.10. The number of anilines is 1. The molecule has 4 nitrogen and oxygen atoms in total. The fraction of sp³-hybridized carbons (Fsp3) is 0.312. The second-order valence-electron chi connectivity index (χ2n) is 5.06. The molecule has 0 unspecified atom stereocenters. The van der Waals surface area contributed by atoms with Crippen molar-refractivity contribution in [3.05, 3.63) is 46.2 Å². The molecule has 1 aromatic carbocycles. The maximum atomic E-state index is 12.1. The molecule has 0 aliphatic carbocycles. The average Bonchev–Trinajstić information content (AvgIpc) is 2.91. The van der Waals surface area contributed by atoms with Crippen molar-refractivity contribution in [1.29, 1.82) is 0 Å². The van der Waals surface area contributed by atoms with Crippen molar-refractivity contribution in [3.63, 3.8) is 0 Å². The zero-order valence-corrected chi connectivity index (χ0v) is 13.4. The minimum atomic E-state index is -0.0448. The quantitative estimate of drug-likeness (QED) is 0.891. The smallest absolute Gasteiger partial charge is 0.238 e. The van der Waals surface area contributed by atoms with E-state index in [0.717, 1.165) is 12.1 Å². The van der Waals surface area contributed by atoms with E-state index in [9.17, 15) is 4.79 Å². The van der Waals surface area contributed by atoms with Crippen molar-refractivity contribution in [2.24, 2.45) is 0 Å². The summed E-state index contributed by atoms with van der Waals surface area (Å²) in [5.74, 6) is 0.631. The number of hydrogen-bond donors (Lipinski definition) is 1. The van der Waals surface area contributed by atoms with Gasteiger partial charge >= 0.3 is 0 Å². The number of benzene rings is 1.